The van der Waals surface area contributed by atoms with Crippen LogP contribution in [0, 0.1) is 0 Å². The molecule has 210 valence electrons. The van der Waals surface area contributed by atoms with E-state index in [-0.39, 0.29) is 19.1 Å². The van der Waals surface area contributed by atoms with Crippen molar-refractivity contribution >= 4 is 40.9 Å². The summed E-state index contributed by atoms with van der Waals surface area (Å²) in [4.78, 5) is 20.4. The number of benzene rings is 1. The van der Waals surface area contributed by atoms with Gasteiger partial charge in [-0.25, -0.2) is 9.67 Å². The number of amides is 1. The molecule has 1 amide bonds. The summed E-state index contributed by atoms with van der Waals surface area (Å²) in [6.07, 6.45) is 9.81. The lowest BCUT2D eigenvalue weighted by atomic mass is 10.1. The summed E-state index contributed by atoms with van der Waals surface area (Å²) in [7, 11) is 2.02. The van der Waals surface area contributed by atoms with E-state index in [4.69, 9.17) is 10.1 Å². The molecule has 0 atom stereocenters. The third-order valence-corrected chi connectivity index (χ3v) is 7.44. The van der Waals surface area contributed by atoms with E-state index in [2.05, 4.69) is 25.4 Å². The fourth-order valence-electron chi connectivity index (χ4n) is 4.57. The van der Waals surface area contributed by atoms with Gasteiger partial charge in [0.15, 0.2) is 5.82 Å². The molecular formula is C28H39N7O3S. The van der Waals surface area contributed by atoms with Crippen LogP contribution in [0.25, 0.3) is 5.69 Å². The maximum absolute atomic E-state index is 13.5. The third kappa shape index (κ3) is 8.11. The highest BCUT2D eigenvalue weighted by Gasteiger charge is 2.18. The molecule has 0 unspecified atom stereocenters. The van der Waals surface area contributed by atoms with Gasteiger partial charge in [-0.1, -0.05) is 44.1 Å². The Morgan fingerprint density at radius 3 is 2.56 bits per heavy atom. The van der Waals surface area contributed by atoms with Crippen LogP contribution in [0.1, 0.15) is 61.0 Å². The SMILES string of the molecule is CN1CCCCCCCCCNc2nc(ccc2-n2ccc(CO)n2)NC(=O)c2ccc(NSCCO)cc21. The van der Waals surface area contributed by atoms with Crippen molar-refractivity contribution in [1.29, 1.82) is 0 Å². The molecular weight excluding hydrogens is 514 g/mol. The molecule has 5 N–H and O–H groups in total. The minimum Gasteiger partial charge on any atom is -0.395 e. The van der Waals surface area contributed by atoms with Gasteiger partial charge in [-0.3, -0.25) is 4.79 Å². The van der Waals surface area contributed by atoms with Crippen LogP contribution in [0.4, 0.5) is 23.0 Å². The van der Waals surface area contributed by atoms with E-state index in [0.717, 1.165) is 55.8 Å². The molecule has 1 aromatic carbocycles. The Kier molecular flexibility index (Phi) is 10.9. The highest BCUT2D eigenvalue weighted by Crippen LogP contribution is 2.28. The van der Waals surface area contributed by atoms with Gasteiger partial charge in [0.05, 0.1) is 30.2 Å². The Balaban J connectivity index is 1.63. The van der Waals surface area contributed by atoms with Gasteiger partial charge in [0.2, 0.25) is 0 Å². The van der Waals surface area contributed by atoms with Crippen molar-refractivity contribution in [3.63, 3.8) is 0 Å². The first kappa shape index (κ1) is 28.7. The molecule has 3 heterocycles. The summed E-state index contributed by atoms with van der Waals surface area (Å²) in [5.41, 5.74) is 3.61. The minimum atomic E-state index is -0.236. The molecule has 11 heteroatoms. The highest BCUT2D eigenvalue weighted by molar-refractivity contribution is 8.00. The summed E-state index contributed by atoms with van der Waals surface area (Å²) in [6, 6.07) is 11.1. The second kappa shape index (κ2) is 14.8. The Bertz CT molecular complexity index is 1220. The second-order valence-electron chi connectivity index (χ2n) is 9.66. The standard InChI is InChI=1S/C28H39N7O3S/c1-34-15-8-6-4-2-3-5-7-14-29-27-24(35-16-13-22(20-37)32-35)11-12-26(30-27)31-28(38)23-10-9-21(19-25(23)34)33-39-18-17-36/h9-13,16,19,33,36-37H,2-8,14-15,17-18,20H2,1H3,(H2,29,30,31,38). The first-order chi connectivity index (χ1) is 19.1. The Labute approximate surface area is 234 Å². The number of aliphatic hydroxyl groups excluding tert-OH is 2. The van der Waals surface area contributed by atoms with Gasteiger partial charge in [0, 0.05) is 37.8 Å². The summed E-state index contributed by atoms with van der Waals surface area (Å²) < 4.78 is 4.94. The molecule has 39 heavy (non-hydrogen) atoms. The average Bonchev–Trinajstić information content (AvgIpc) is 3.43. The van der Waals surface area contributed by atoms with Crippen LogP contribution in [0.5, 0.6) is 0 Å². The number of rotatable bonds is 6. The van der Waals surface area contributed by atoms with Crippen molar-refractivity contribution in [1.82, 2.24) is 14.8 Å². The summed E-state index contributed by atoms with van der Waals surface area (Å²) in [6.45, 7) is 1.58. The van der Waals surface area contributed by atoms with Gasteiger partial charge in [-0.05, 0) is 49.2 Å². The van der Waals surface area contributed by atoms with E-state index in [1.165, 1.54) is 31.2 Å². The van der Waals surface area contributed by atoms with Gasteiger partial charge < -0.3 is 30.5 Å². The first-order valence-electron chi connectivity index (χ1n) is 13.6. The molecule has 0 fully saturated rings. The zero-order chi connectivity index (χ0) is 27.5. The van der Waals surface area contributed by atoms with E-state index in [9.17, 15) is 9.90 Å². The number of nitrogens with zero attached hydrogens (tertiary/aromatic N) is 4. The summed E-state index contributed by atoms with van der Waals surface area (Å²) in [5.74, 6) is 1.40. The number of anilines is 4. The van der Waals surface area contributed by atoms with Crippen LogP contribution in [0.15, 0.2) is 42.6 Å². The smallest absolute Gasteiger partial charge is 0.258 e. The highest BCUT2D eigenvalue weighted by atomic mass is 32.2. The molecule has 4 rings (SSSR count). The summed E-state index contributed by atoms with van der Waals surface area (Å²) >= 11 is 1.43. The van der Waals surface area contributed by atoms with Crippen LogP contribution in [0.2, 0.25) is 0 Å². The van der Waals surface area contributed by atoms with Crippen molar-refractivity contribution in [2.45, 2.75) is 51.6 Å². The number of fused-ring (bicyclic) bond motifs is 3. The molecule has 0 aliphatic carbocycles. The van der Waals surface area contributed by atoms with Crippen molar-refractivity contribution in [2.75, 3.05) is 52.8 Å². The Morgan fingerprint density at radius 2 is 1.79 bits per heavy atom. The maximum Gasteiger partial charge on any atom is 0.258 e. The van der Waals surface area contributed by atoms with E-state index in [0.29, 0.717) is 28.6 Å². The average molecular weight is 554 g/mol. The minimum absolute atomic E-state index is 0.0938. The lowest BCUT2D eigenvalue weighted by molar-refractivity contribution is 0.102. The molecule has 0 saturated carbocycles. The Morgan fingerprint density at radius 1 is 1.00 bits per heavy atom. The van der Waals surface area contributed by atoms with Crippen molar-refractivity contribution in [2.24, 2.45) is 0 Å². The van der Waals surface area contributed by atoms with Gasteiger partial charge in [0.25, 0.3) is 5.91 Å². The lowest BCUT2D eigenvalue weighted by Crippen LogP contribution is -2.23. The van der Waals surface area contributed by atoms with Gasteiger partial charge in [-0.2, -0.15) is 5.10 Å². The molecule has 3 aromatic rings. The molecule has 1 aliphatic heterocycles. The van der Waals surface area contributed by atoms with Crippen LogP contribution in [-0.2, 0) is 6.61 Å². The summed E-state index contributed by atoms with van der Waals surface area (Å²) in [5, 5.41) is 29.4. The maximum atomic E-state index is 13.5. The van der Waals surface area contributed by atoms with E-state index in [1.807, 2.05) is 31.3 Å². The second-order valence-corrected chi connectivity index (χ2v) is 10.6. The molecule has 2 bridgehead atoms. The number of hydrogen-bond donors (Lipinski definition) is 5. The lowest BCUT2D eigenvalue weighted by Gasteiger charge is -2.23. The predicted octanol–water partition coefficient (Wildman–Crippen LogP) is 4.66. The molecule has 0 radical (unpaired) electrons. The number of aliphatic hydroxyl groups is 2. The van der Waals surface area contributed by atoms with Crippen LogP contribution in [-0.4, -0.2) is 63.4 Å². The van der Waals surface area contributed by atoms with Crippen LogP contribution < -0.4 is 20.3 Å². The third-order valence-electron chi connectivity index (χ3n) is 6.67. The van der Waals surface area contributed by atoms with Crippen molar-refractivity contribution < 1.29 is 15.0 Å². The van der Waals surface area contributed by atoms with Gasteiger partial charge in [-0.15, -0.1) is 0 Å². The molecule has 2 aromatic heterocycles. The largest absolute Gasteiger partial charge is 0.395 e. The fraction of sp³-hybridized carbons (Fsp3) is 0.464. The number of carbonyl (C=O) groups is 1. The van der Waals surface area contributed by atoms with E-state index < -0.39 is 0 Å². The van der Waals surface area contributed by atoms with E-state index in [1.54, 1.807) is 23.0 Å². The topological polar surface area (TPSA) is 128 Å². The van der Waals surface area contributed by atoms with Crippen LogP contribution >= 0.6 is 11.9 Å². The van der Waals surface area contributed by atoms with E-state index >= 15 is 0 Å². The zero-order valence-corrected chi connectivity index (χ0v) is 23.3. The van der Waals surface area contributed by atoms with Crippen molar-refractivity contribution in [3.05, 3.63) is 53.9 Å². The normalized spacial score (nSPS) is 15.5. The zero-order valence-electron chi connectivity index (χ0n) is 22.5. The number of nitrogens with one attached hydrogen (secondary N) is 3. The number of carbonyl (C=O) groups excluding carboxylic acids is 1. The number of hydrogen-bond acceptors (Lipinski definition) is 9. The molecule has 0 spiro atoms. The van der Waals surface area contributed by atoms with Gasteiger partial charge >= 0.3 is 0 Å². The molecule has 0 saturated heterocycles. The molecule has 1 aliphatic rings. The van der Waals surface area contributed by atoms with Crippen LogP contribution in [0.3, 0.4) is 0 Å². The van der Waals surface area contributed by atoms with Crippen molar-refractivity contribution in [3.8, 4) is 5.69 Å². The quantitative estimate of drug-likeness (QED) is 0.219. The first-order valence-corrected chi connectivity index (χ1v) is 14.6. The fourth-order valence-corrected chi connectivity index (χ4v) is 5.06. The number of pyridine rings is 1. The van der Waals surface area contributed by atoms with Gasteiger partial charge in [0.1, 0.15) is 11.5 Å². The Hall–Kier alpha value is -3.28. The number of aromatic nitrogens is 3. The predicted molar refractivity (Wildman–Crippen MR) is 159 cm³/mol. The monoisotopic (exact) mass is 553 g/mol. The molecule has 10 nitrogen and oxygen atoms in total.